The van der Waals surface area contributed by atoms with Gasteiger partial charge >= 0.3 is 0 Å². The van der Waals surface area contributed by atoms with Gasteiger partial charge in [0.05, 0.1) is 6.54 Å². The molecule has 1 fully saturated rings. The molecule has 6 nitrogen and oxygen atoms in total. The molecular formula is C25H31N3O3. The maximum Gasteiger partial charge on any atom is 0.267 e. The minimum atomic E-state index is -0.544. The van der Waals surface area contributed by atoms with Gasteiger partial charge in [-0.3, -0.25) is 19.7 Å². The first-order chi connectivity index (χ1) is 15.0. The number of carbonyl (C=O) groups is 2. The molecule has 1 amide bonds. The molecule has 0 aromatic heterocycles. The van der Waals surface area contributed by atoms with E-state index in [-0.39, 0.29) is 11.2 Å². The molecule has 3 rings (SSSR count). The van der Waals surface area contributed by atoms with Gasteiger partial charge in [0, 0.05) is 24.6 Å². The van der Waals surface area contributed by atoms with Gasteiger partial charge in [-0.15, -0.1) is 0 Å². The number of nitrogens with zero attached hydrogens (tertiary/aromatic N) is 1. The first-order valence-electron chi connectivity index (χ1n) is 10.7. The number of amides is 1. The van der Waals surface area contributed by atoms with Crippen molar-refractivity contribution in [1.82, 2.24) is 15.7 Å². The third kappa shape index (κ3) is 6.59. The van der Waals surface area contributed by atoms with Gasteiger partial charge in [0.25, 0.3) is 5.91 Å². The topological polar surface area (TPSA) is 81.7 Å². The molecule has 0 radical (unpaired) electrons. The number of hydrogen-bond acceptors (Lipinski definition) is 5. The van der Waals surface area contributed by atoms with Crippen LogP contribution in [0.3, 0.4) is 0 Å². The van der Waals surface area contributed by atoms with Gasteiger partial charge < -0.3 is 5.32 Å². The lowest BCUT2D eigenvalue weighted by molar-refractivity contribution is -0.124. The van der Waals surface area contributed by atoms with Crippen molar-refractivity contribution >= 4 is 17.8 Å². The molecule has 0 aliphatic carbocycles. The molecule has 0 unspecified atom stereocenters. The molecule has 0 bridgehead atoms. The van der Waals surface area contributed by atoms with E-state index < -0.39 is 5.91 Å². The largest absolute Gasteiger partial charge is 0.309 e. The number of ketones is 1. The molecule has 1 saturated heterocycles. The monoisotopic (exact) mass is 421 g/mol. The minimum absolute atomic E-state index is 0.0507. The van der Waals surface area contributed by atoms with Crippen LogP contribution in [0.2, 0.25) is 0 Å². The summed E-state index contributed by atoms with van der Waals surface area (Å²) in [6, 6.07) is 18.7. The fraction of sp³-hybridized carbons (Fsp3) is 0.360. The number of hydrogen-bond donors (Lipinski definition) is 3. The molecule has 2 aromatic carbocycles. The van der Waals surface area contributed by atoms with Gasteiger partial charge in [-0.25, -0.2) is 5.48 Å². The maximum absolute atomic E-state index is 11.4. The van der Waals surface area contributed by atoms with Crippen LogP contribution in [0.5, 0.6) is 0 Å². The van der Waals surface area contributed by atoms with Crippen LogP contribution in [0.15, 0.2) is 60.7 Å². The molecule has 3 N–H and O–H groups in total. The molecule has 164 valence electrons. The Kier molecular flexibility index (Phi) is 8.12. The Morgan fingerprint density at radius 1 is 1.06 bits per heavy atom. The van der Waals surface area contributed by atoms with Gasteiger partial charge in [0.1, 0.15) is 5.78 Å². The fourth-order valence-electron chi connectivity index (χ4n) is 4.18. The maximum atomic E-state index is 11.4. The van der Waals surface area contributed by atoms with Crippen molar-refractivity contribution in [2.24, 2.45) is 0 Å². The molecule has 1 aliphatic heterocycles. The van der Waals surface area contributed by atoms with Crippen LogP contribution in [-0.2, 0) is 21.5 Å². The SMILES string of the molecule is CC(=O)CNCC1(c2ccccc2)CCN(Cc2ccc(/C=C/C(=O)NO)cc2)CC1. The van der Waals surface area contributed by atoms with Crippen molar-refractivity contribution in [2.45, 2.75) is 31.7 Å². The number of Topliss-reactive ketones (excluding diaryl/α,β-unsaturated/α-hetero) is 1. The number of carbonyl (C=O) groups excluding carboxylic acids is 2. The molecule has 31 heavy (non-hydrogen) atoms. The summed E-state index contributed by atoms with van der Waals surface area (Å²) in [5, 5.41) is 11.9. The lowest BCUT2D eigenvalue weighted by Gasteiger charge is -2.42. The number of nitrogens with one attached hydrogen (secondary N) is 2. The number of rotatable bonds is 9. The van der Waals surface area contributed by atoms with Crippen LogP contribution in [0.4, 0.5) is 0 Å². The third-order valence-electron chi connectivity index (χ3n) is 5.96. The number of piperidine rings is 1. The number of hydroxylamine groups is 1. The second kappa shape index (κ2) is 11.0. The van der Waals surface area contributed by atoms with E-state index in [0.717, 1.165) is 44.6 Å². The quantitative estimate of drug-likeness (QED) is 0.330. The predicted octanol–water partition coefficient (Wildman–Crippen LogP) is 2.92. The summed E-state index contributed by atoms with van der Waals surface area (Å²) < 4.78 is 0. The van der Waals surface area contributed by atoms with E-state index in [1.54, 1.807) is 18.5 Å². The van der Waals surface area contributed by atoms with Gasteiger partial charge in [0.15, 0.2) is 0 Å². The minimum Gasteiger partial charge on any atom is -0.309 e. The summed E-state index contributed by atoms with van der Waals surface area (Å²) in [6.45, 7) is 5.72. The highest BCUT2D eigenvalue weighted by atomic mass is 16.5. The Hall–Kier alpha value is -2.80. The summed E-state index contributed by atoms with van der Waals surface area (Å²) in [7, 11) is 0. The highest BCUT2D eigenvalue weighted by Gasteiger charge is 2.35. The number of benzene rings is 2. The average Bonchev–Trinajstić information content (AvgIpc) is 2.80. The first kappa shape index (κ1) is 22.9. The van der Waals surface area contributed by atoms with Crippen molar-refractivity contribution in [2.75, 3.05) is 26.2 Å². The van der Waals surface area contributed by atoms with E-state index >= 15 is 0 Å². The van der Waals surface area contributed by atoms with E-state index in [1.807, 2.05) is 18.2 Å². The zero-order valence-electron chi connectivity index (χ0n) is 18.0. The second-order valence-corrected chi connectivity index (χ2v) is 8.28. The van der Waals surface area contributed by atoms with Gasteiger partial charge in [-0.2, -0.15) is 0 Å². The van der Waals surface area contributed by atoms with Crippen molar-refractivity contribution in [1.29, 1.82) is 0 Å². The Morgan fingerprint density at radius 2 is 1.74 bits per heavy atom. The van der Waals surface area contributed by atoms with Crippen LogP contribution in [0, 0.1) is 0 Å². The van der Waals surface area contributed by atoms with E-state index in [1.165, 1.54) is 17.2 Å². The Labute approximate surface area is 183 Å². The molecule has 1 aliphatic rings. The van der Waals surface area contributed by atoms with Crippen LogP contribution >= 0.6 is 0 Å². The molecule has 0 spiro atoms. The van der Waals surface area contributed by atoms with Gasteiger partial charge in [-0.1, -0.05) is 54.6 Å². The Balaban J connectivity index is 1.60. The van der Waals surface area contributed by atoms with E-state index in [2.05, 4.69) is 46.6 Å². The Bertz CT molecular complexity index is 886. The fourth-order valence-corrected chi connectivity index (χ4v) is 4.18. The number of likely N-dealkylation sites (tertiary alicyclic amines) is 1. The van der Waals surface area contributed by atoms with Crippen molar-refractivity contribution in [3.63, 3.8) is 0 Å². The normalized spacial score (nSPS) is 16.3. The van der Waals surface area contributed by atoms with Gasteiger partial charge in [-0.05, 0) is 55.6 Å². The van der Waals surface area contributed by atoms with Crippen LogP contribution < -0.4 is 10.8 Å². The summed E-state index contributed by atoms with van der Waals surface area (Å²) in [6.07, 6.45) is 5.04. The summed E-state index contributed by atoms with van der Waals surface area (Å²) >= 11 is 0. The molecule has 0 saturated carbocycles. The Morgan fingerprint density at radius 3 is 2.35 bits per heavy atom. The third-order valence-corrected chi connectivity index (χ3v) is 5.96. The summed E-state index contributed by atoms with van der Waals surface area (Å²) in [4.78, 5) is 25.0. The highest BCUT2D eigenvalue weighted by Crippen LogP contribution is 2.35. The molecular weight excluding hydrogens is 390 g/mol. The van der Waals surface area contributed by atoms with Crippen LogP contribution in [-0.4, -0.2) is 48.0 Å². The summed E-state index contributed by atoms with van der Waals surface area (Å²) in [5.74, 6) is -0.381. The van der Waals surface area contributed by atoms with Crippen molar-refractivity contribution in [3.05, 3.63) is 77.4 Å². The zero-order valence-corrected chi connectivity index (χ0v) is 18.0. The zero-order chi connectivity index (χ0) is 22.1. The smallest absolute Gasteiger partial charge is 0.267 e. The molecule has 2 aromatic rings. The second-order valence-electron chi connectivity index (χ2n) is 8.28. The standard InChI is InChI=1S/C25H31N3O3/c1-20(29)17-26-19-25(23-5-3-2-4-6-23)13-15-28(16-14-25)18-22-9-7-21(8-10-22)11-12-24(30)27-31/h2-12,26,31H,13-19H2,1H3,(H,27,30)/b12-11+. The van der Waals surface area contributed by atoms with Crippen LogP contribution in [0.25, 0.3) is 6.08 Å². The van der Waals surface area contributed by atoms with Gasteiger partial charge in [0.2, 0.25) is 0 Å². The summed E-state index contributed by atoms with van der Waals surface area (Å²) in [5.41, 5.74) is 5.11. The van der Waals surface area contributed by atoms with E-state index in [4.69, 9.17) is 5.21 Å². The lowest BCUT2D eigenvalue weighted by Crippen LogP contribution is -2.48. The first-order valence-corrected chi connectivity index (χ1v) is 10.7. The lowest BCUT2D eigenvalue weighted by atomic mass is 9.72. The van der Waals surface area contributed by atoms with Crippen molar-refractivity contribution in [3.8, 4) is 0 Å². The van der Waals surface area contributed by atoms with Crippen LogP contribution in [0.1, 0.15) is 36.5 Å². The predicted molar refractivity (Wildman–Crippen MR) is 122 cm³/mol. The molecule has 6 heteroatoms. The van der Waals surface area contributed by atoms with E-state index in [0.29, 0.717) is 6.54 Å². The molecule has 1 heterocycles. The highest BCUT2D eigenvalue weighted by molar-refractivity contribution is 5.90. The average molecular weight is 422 g/mol. The molecule has 0 atom stereocenters. The van der Waals surface area contributed by atoms with Crippen molar-refractivity contribution < 1.29 is 14.8 Å². The van der Waals surface area contributed by atoms with E-state index in [9.17, 15) is 9.59 Å².